The minimum Gasteiger partial charge on any atom is -0.486 e. The smallest absolute Gasteiger partial charge is 0.267 e. The van der Waals surface area contributed by atoms with Crippen LogP contribution in [0.4, 0.5) is 0 Å². The van der Waals surface area contributed by atoms with Gasteiger partial charge in [-0.15, -0.1) is 0 Å². The summed E-state index contributed by atoms with van der Waals surface area (Å²) in [6, 6.07) is 16.3. The van der Waals surface area contributed by atoms with Gasteiger partial charge < -0.3 is 14.6 Å². The molecule has 0 saturated heterocycles. The average molecular weight is 348 g/mol. The van der Waals surface area contributed by atoms with Crippen LogP contribution < -0.4 is 10.1 Å². The molecule has 0 radical (unpaired) electrons. The Kier molecular flexibility index (Phi) is 4.41. The van der Waals surface area contributed by atoms with Gasteiger partial charge in [-0.2, -0.15) is 0 Å². The van der Waals surface area contributed by atoms with Crippen LogP contribution in [0.25, 0.3) is 10.9 Å². The Morgan fingerprint density at radius 2 is 2.08 bits per heavy atom. The standard InChI is InChI=1S/C22H24N2O2/c1-3-18-14-24-19(13-17-9-6-10-20(26-18)21(17)24)22(25)23-12-11-16-8-5-4-7-15(16)2/h4-10,13,18H,3,11-12,14H2,1-2H3,(H,23,25). The first-order valence-electron chi connectivity index (χ1n) is 9.29. The number of benzene rings is 2. The molecule has 0 fully saturated rings. The highest BCUT2D eigenvalue weighted by Crippen LogP contribution is 2.34. The van der Waals surface area contributed by atoms with Gasteiger partial charge in [0.2, 0.25) is 0 Å². The molecule has 1 aromatic heterocycles. The maximum atomic E-state index is 12.8. The molecule has 0 aliphatic carbocycles. The zero-order valence-electron chi connectivity index (χ0n) is 15.3. The van der Waals surface area contributed by atoms with Crippen LogP contribution in [0.1, 0.15) is 35.0 Å². The fourth-order valence-corrected chi connectivity index (χ4v) is 3.69. The molecule has 1 aliphatic heterocycles. The summed E-state index contributed by atoms with van der Waals surface area (Å²) in [7, 11) is 0. The van der Waals surface area contributed by atoms with Crippen molar-refractivity contribution in [1.29, 1.82) is 0 Å². The number of nitrogens with one attached hydrogen (secondary N) is 1. The minimum atomic E-state index is -0.0162. The number of rotatable bonds is 5. The first kappa shape index (κ1) is 16.7. The molecule has 1 unspecified atom stereocenters. The molecular weight excluding hydrogens is 324 g/mol. The van der Waals surface area contributed by atoms with E-state index in [1.54, 1.807) is 0 Å². The summed E-state index contributed by atoms with van der Waals surface area (Å²) in [5, 5.41) is 4.14. The largest absolute Gasteiger partial charge is 0.486 e. The molecule has 0 spiro atoms. The second-order valence-electron chi connectivity index (χ2n) is 6.91. The molecule has 1 atom stereocenters. The molecular formula is C22H24N2O2. The van der Waals surface area contributed by atoms with Gasteiger partial charge in [0.05, 0.1) is 12.1 Å². The maximum Gasteiger partial charge on any atom is 0.267 e. The van der Waals surface area contributed by atoms with E-state index in [-0.39, 0.29) is 12.0 Å². The van der Waals surface area contributed by atoms with Crippen LogP contribution >= 0.6 is 0 Å². The van der Waals surface area contributed by atoms with E-state index in [1.165, 1.54) is 11.1 Å². The Morgan fingerprint density at radius 1 is 1.23 bits per heavy atom. The van der Waals surface area contributed by atoms with Crippen LogP contribution in [0.15, 0.2) is 48.5 Å². The molecule has 1 N–H and O–H groups in total. The van der Waals surface area contributed by atoms with Crippen LogP contribution in [-0.4, -0.2) is 23.1 Å². The van der Waals surface area contributed by atoms with Crippen molar-refractivity contribution in [3.05, 3.63) is 65.4 Å². The summed E-state index contributed by atoms with van der Waals surface area (Å²) in [6.07, 6.45) is 1.87. The number of carbonyl (C=O) groups is 1. The Bertz CT molecular complexity index is 958. The summed E-state index contributed by atoms with van der Waals surface area (Å²) in [4.78, 5) is 12.8. The van der Waals surface area contributed by atoms with E-state index in [1.807, 2.05) is 36.4 Å². The minimum absolute atomic E-state index is 0.0162. The summed E-state index contributed by atoms with van der Waals surface area (Å²) in [6.45, 7) is 5.57. The molecule has 0 bridgehead atoms. The molecule has 4 rings (SSSR count). The fourth-order valence-electron chi connectivity index (χ4n) is 3.69. The molecule has 2 aromatic carbocycles. The number of ether oxygens (including phenoxy) is 1. The molecule has 4 nitrogen and oxygen atoms in total. The SMILES string of the molecule is CCC1Cn2c(C(=O)NCCc3ccccc3C)cc3cccc(c32)O1. The zero-order valence-corrected chi connectivity index (χ0v) is 15.3. The van der Waals surface area contributed by atoms with Crippen LogP contribution in [0, 0.1) is 6.92 Å². The number of aryl methyl sites for hydroxylation is 1. The van der Waals surface area contributed by atoms with Crippen LogP contribution in [0.2, 0.25) is 0 Å². The lowest BCUT2D eigenvalue weighted by molar-refractivity contribution is 0.0938. The van der Waals surface area contributed by atoms with Crippen molar-refractivity contribution in [1.82, 2.24) is 9.88 Å². The van der Waals surface area contributed by atoms with E-state index in [2.05, 4.69) is 35.9 Å². The summed E-state index contributed by atoms with van der Waals surface area (Å²) in [5.41, 5.74) is 4.29. The van der Waals surface area contributed by atoms with Crippen molar-refractivity contribution < 1.29 is 9.53 Å². The Morgan fingerprint density at radius 3 is 2.88 bits per heavy atom. The summed E-state index contributed by atoms with van der Waals surface area (Å²) >= 11 is 0. The number of carbonyl (C=O) groups excluding carboxylic acids is 1. The third-order valence-electron chi connectivity index (χ3n) is 5.19. The predicted molar refractivity (Wildman–Crippen MR) is 104 cm³/mol. The Labute approximate surface area is 153 Å². The van der Waals surface area contributed by atoms with E-state index in [0.29, 0.717) is 6.54 Å². The molecule has 2 heterocycles. The van der Waals surface area contributed by atoms with Gasteiger partial charge in [-0.25, -0.2) is 0 Å². The number of hydrogen-bond donors (Lipinski definition) is 1. The van der Waals surface area contributed by atoms with Gasteiger partial charge in [0, 0.05) is 11.9 Å². The zero-order chi connectivity index (χ0) is 18.1. The normalized spacial score (nSPS) is 15.7. The van der Waals surface area contributed by atoms with Crippen molar-refractivity contribution in [2.45, 2.75) is 39.3 Å². The van der Waals surface area contributed by atoms with E-state index in [4.69, 9.17) is 4.74 Å². The number of aromatic nitrogens is 1. The Hall–Kier alpha value is -2.75. The monoisotopic (exact) mass is 348 g/mol. The highest BCUT2D eigenvalue weighted by atomic mass is 16.5. The van der Waals surface area contributed by atoms with E-state index in [0.717, 1.165) is 41.7 Å². The molecule has 26 heavy (non-hydrogen) atoms. The highest BCUT2D eigenvalue weighted by molar-refractivity contribution is 6.00. The van der Waals surface area contributed by atoms with Crippen molar-refractivity contribution in [2.75, 3.05) is 6.54 Å². The lowest BCUT2D eigenvalue weighted by atomic mass is 10.1. The van der Waals surface area contributed by atoms with Crippen molar-refractivity contribution in [3.63, 3.8) is 0 Å². The van der Waals surface area contributed by atoms with Gasteiger partial charge in [0.1, 0.15) is 17.5 Å². The van der Waals surface area contributed by atoms with E-state index < -0.39 is 0 Å². The molecule has 3 aromatic rings. The fraction of sp³-hybridized carbons (Fsp3) is 0.318. The van der Waals surface area contributed by atoms with E-state index in [9.17, 15) is 4.79 Å². The molecule has 1 aliphatic rings. The van der Waals surface area contributed by atoms with Crippen LogP contribution in [-0.2, 0) is 13.0 Å². The van der Waals surface area contributed by atoms with E-state index >= 15 is 0 Å². The molecule has 4 heteroatoms. The summed E-state index contributed by atoms with van der Waals surface area (Å²) in [5.74, 6) is 0.858. The van der Waals surface area contributed by atoms with Gasteiger partial charge in [-0.1, -0.05) is 43.3 Å². The quantitative estimate of drug-likeness (QED) is 0.754. The molecule has 134 valence electrons. The van der Waals surface area contributed by atoms with Crippen molar-refractivity contribution >= 4 is 16.8 Å². The second kappa shape index (κ2) is 6.87. The topological polar surface area (TPSA) is 43.3 Å². The third-order valence-corrected chi connectivity index (χ3v) is 5.19. The molecule has 0 saturated carbocycles. The molecule has 1 amide bonds. The van der Waals surface area contributed by atoms with Crippen molar-refractivity contribution in [3.8, 4) is 5.75 Å². The first-order valence-corrected chi connectivity index (χ1v) is 9.29. The number of amides is 1. The number of hydrogen-bond acceptors (Lipinski definition) is 2. The van der Waals surface area contributed by atoms with Gasteiger partial charge in [0.15, 0.2) is 0 Å². The van der Waals surface area contributed by atoms with Gasteiger partial charge in [-0.05, 0) is 43.0 Å². The van der Waals surface area contributed by atoms with Crippen LogP contribution in [0.5, 0.6) is 5.75 Å². The predicted octanol–water partition coefficient (Wildman–Crippen LogP) is 4.09. The van der Waals surface area contributed by atoms with Crippen LogP contribution in [0.3, 0.4) is 0 Å². The van der Waals surface area contributed by atoms with Gasteiger partial charge in [-0.3, -0.25) is 4.79 Å². The van der Waals surface area contributed by atoms with Gasteiger partial charge >= 0.3 is 0 Å². The highest BCUT2D eigenvalue weighted by Gasteiger charge is 2.25. The lowest BCUT2D eigenvalue weighted by Gasteiger charge is -2.26. The van der Waals surface area contributed by atoms with Gasteiger partial charge in [0.25, 0.3) is 5.91 Å². The Balaban J connectivity index is 1.55. The number of nitrogens with zero attached hydrogens (tertiary/aromatic N) is 1. The second-order valence-corrected chi connectivity index (χ2v) is 6.91. The first-order chi connectivity index (χ1) is 12.7. The van der Waals surface area contributed by atoms with Crippen molar-refractivity contribution in [2.24, 2.45) is 0 Å². The number of para-hydroxylation sites is 1. The lowest BCUT2D eigenvalue weighted by Crippen LogP contribution is -2.32. The summed E-state index contributed by atoms with van der Waals surface area (Å²) < 4.78 is 8.16. The maximum absolute atomic E-state index is 12.8. The average Bonchev–Trinajstić information content (AvgIpc) is 3.03. The third kappa shape index (κ3) is 2.96.